The van der Waals surface area contributed by atoms with Crippen molar-refractivity contribution < 1.29 is 14.6 Å². The van der Waals surface area contributed by atoms with E-state index >= 15 is 0 Å². The molecule has 1 aliphatic heterocycles. The number of nitrogens with zero attached hydrogens (tertiary/aromatic N) is 1. The Balaban J connectivity index is 1.44. The number of benzene rings is 2. The Bertz CT molecular complexity index is 670. The van der Waals surface area contributed by atoms with Crippen LogP contribution in [0.2, 0.25) is 0 Å². The van der Waals surface area contributed by atoms with Gasteiger partial charge in [0, 0.05) is 13.1 Å². The number of likely N-dealkylation sites (tertiary alicyclic amines) is 1. The van der Waals surface area contributed by atoms with Crippen LogP contribution >= 0.6 is 0 Å². The molecule has 1 unspecified atom stereocenters. The summed E-state index contributed by atoms with van der Waals surface area (Å²) in [5.74, 6) is 0.0260. The molecule has 0 radical (unpaired) electrons. The standard InChI is InChI=1S/C19H23NO3/c21-19(22)17-7-3-10-20(14-17)11-4-12-23-18-9-8-15-5-1-2-6-16(15)13-18/h1-2,5-6,8-9,13,17H,3-4,7,10-12,14H2,(H,21,22). The topological polar surface area (TPSA) is 49.8 Å². The van der Waals surface area contributed by atoms with Gasteiger partial charge in [-0.3, -0.25) is 4.79 Å². The van der Waals surface area contributed by atoms with Crippen molar-refractivity contribution in [2.45, 2.75) is 19.3 Å². The van der Waals surface area contributed by atoms with E-state index in [9.17, 15) is 4.79 Å². The van der Waals surface area contributed by atoms with E-state index in [1.165, 1.54) is 10.8 Å². The van der Waals surface area contributed by atoms with Crippen molar-refractivity contribution in [2.75, 3.05) is 26.2 Å². The van der Waals surface area contributed by atoms with Crippen LogP contribution in [0.25, 0.3) is 10.8 Å². The highest BCUT2D eigenvalue weighted by atomic mass is 16.5. The SMILES string of the molecule is O=C(O)C1CCCN(CCCOc2ccc3ccccc3c2)C1. The molecule has 1 atom stereocenters. The minimum atomic E-state index is -0.665. The lowest BCUT2D eigenvalue weighted by molar-refractivity contribution is -0.143. The molecule has 23 heavy (non-hydrogen) atoms. The first kappa shape index (κ1) is 15.8. The van der Waals surface area contributed by atoms with Crippen molar-refractivity contribution in [1.29, 1.82) is 0 Å². The Morgan fingerprint density at radius 2 is 2.04 bits per heavy atom. The van der Waals surface area contributed by atoms with Crippen LogP contribution in [-0.2, 0) is 4.79 Å². The van der Waals surface area contributed by atoms with Gasteiger partial charge in [-0.1, -0.05) is 30.3 Å². The van der Waals surface area contributed by atoms with Crippen molar-refractivity contribution in [3.05, 3.63) is 42.5 Å². The third-order valence-electron chi connectivity index (χ3n) is 4.46. The van der Waals surface area contributed by atoms with Gasteiger partial charge in [-0.15, -0.1) is 0 Å². The summed E-state index contributed by atoms with van der Waals surface area (Å²) < 4.78 is 5.84. The zero-order valence-electron chi connectivity index (χ0n) is 13.3. The lowest BCUT2D eigenvalue weighted by atomic mass is 9.98. The van der Waals surface area contributed by atoms with Crippen molar-refractivity contribution in [3.8, 4) is 5.75 Å². The van der Waals surface area contributed by atoms with Crippen LogP contribution in [0.5, 0.6) is 5.75 Å². The molecule has 1 saturated heterocycles. The number of hydrogen-bond acceptors (Lipinski definition) is 3. The molecule has 4 nitrogen and oxygen atoms in total. The summed E-state index contributed by atoms with van der Waals surface area (Å²) in [5, 5.41) is 11.5. The van der Waals surface area contributed by atoms with Gasteiger partial charge in [-0.25, -0.2) is 0 Å². The second-order valence-electron chi connectivity index (χ2n) is 6.19. The summed E-state index contributed by atoms with van der Waals surface area (Å²) in [4.78, 5) is 13.3. The van der Waals surface area contributed by atoms with E-state index in [0.717, 1.165) is 38.1 Å². The highest BCUT2D eigenvalue weighted by molar-refractivity contribution is 5.83. The van der Waals surface area contributed by atoms with Crippen LogP contribution in [0.1, 0.15) is 19.3 Å². The Hall–Kier alpha value is -2.07. The second kappa shape index (κ2) is 7.47. The molecule has 0 spiro atoms. The van der Waals surface area contributed by atoms with Crippen LogP contribution in [0, 0.1) is 5.92 Å². The van der Waals surface area contributed by atoms with Gasteiger partial charge in [0.15, 0.2) is 0 Å². The van der Waals surface area contributed by atoms with E-state index in [4.69, 9.17) is 9.84 Å². The minimum absolute atomic E-state index is 0.204. The summed E-state index contributed by atoms with van der Waals surface area (Å²) in [6, 6.07) is 14.4. The Labute approximate surface area is 136 Å². The smallest absolute Gasteiger partial charge is 0.307 e. The van der Waals surface area contributed by atoms with E-state index in [0.29, 0.717) is 13.2 Å². The molecule has 0 aliphatic carbocycles. The molecule has 1 fully saturated rings. The summed E-state index contributed by atoms with van der Waals surface area (Å²) >= 11 is 0. The fourth-order valence-electron chi connectivity index (χ4n) is 3.20. The number of carboxylic acids is 1. The number of rotatable bonds is 6. The van der Waals surface area contributed by atoms with E-state index in [-0.39, 0.29) is 5.92 Å². The number of carboxylic acid groups (broad SMARTS) is 1. The molecule has 0 bridgehead atoms. The highest BCUT2D eigenvalue weighted by Gasteiger charge is 2.24. The molecule has 1 heterocycles. The van der Waals surface area contributed by atoms with Crippen LogP contribution < -0.4 is 4.74 Å². The molecular weight excluding hydrogens is 290 g/mol. The monoisotopic (exact) mass is 313 g/mol. The molecule has 0 amide bonds. The lowest BCUT2D eigenvalue weighted by Gasteiger charge is -2.30. The number of carbonyl (C=O) groups is 1. The summed E-state index contributed by atoms with van der Waals surface area (Å²) in [6.45, 7) is 3.23. The normalized spacial score (nSPS) is 18.9. The van der Waals surface area contributed by atoms with Crippen LogP contribution in [0.4, 0.5) is 0 Å². The molecule has 1 aliphatic rings. The van der Waals surface area contributed by atoms with Crippen molar-refractivity contribution >= 4 is 16.7 Å². The van der Waals surface area contributed by atoms with Crippen LogP contribution in [-0.4, -0.2) is 42.2 Å². The molecule has 2 aromatic rings. The predicted octanol–water partition coefficient (Wildman–Crippen LogP) is 3.41. The quantitative estimate of drug-likeness (QED) is 0.830. The Morgan fingerprint density at radius 3 is 2.87 bits per heavy atom. The zero-order chi connectivity index (χ0) is 16.1. The Kier molecular flexibility index (Phi) is 5.13. The first-order valence-corrected chi connectivity index (χ1v) is 8.29. The van der Waals surface area contributed by atoms with Gasteiger partial charge >= 0.3 is 5.97 Å². The maximum atomic E-state index is 11.1. The average molecular weight is 313 g/mol. The largest absolute Gasteiger partial charge is 0.494 e. The van der Waals surface area contributed by atoms with Crippen LogP contribution in [0.15, 0.2) is 42.5 Å². The van der Waals surface area contributed by atoms with Crippen molar-refractivity contribution in [1.82, 2.24) is 4.90 Å². The van der Waals surface area contributed by atoms with E-state index in [1.807, 2.05) is 18.2 Å². The maximum Gasteiger partial charge on any atom is 0.307 e. The first-order chi connectivity index (χ1) is 11.2. The second-order valence-corrected chi connectivity index (χ2v) is 6.19. The lowest BCUT2D eigenvalue weighted by Crippen LogP contribution is -2.39. The number of piperidine rings is 1. The molecule has 4 heteroatoms. The fourth-order valence-corrected chi connectivity index (χ4v) is 3.20. The van der Waals surface area contributed by atoms with E-state index < -0.39 is 5.97 Å². The fraction of sp³-hybridized carbons (Fsp3) is 0.421. The predicted molar refractivity (Wildman–Crippen MR) is 90.9 cm³/mol. The number of hydrogen-bond donors (Lipinski definition) is 1. The van der Waals surface area contributed by atoms with E-state index in [1.54, 1.807) is 0 Å². The summed E-state index contributed by atoms with van der Waals surface area (Å²) in [6.07, 6.45) is 2.70. The highest BCUT2D eigenvalue weighted by Crippen LogP contribution is 2.21. The maximum absolute atomic E-state index is 11.1. The van der Waals surface area contributed by atoms with Gasteiger partial charge in [-0.05, 0) is 48.7 Å². The molecule has 0 saturated carbocycles. The molecule has 2 aromatic carbocycles. The number of aliphatic carboxylic acids is 1. The van der Waals surface area contributed by atoms with Gasteiger partial charge in [0.25, 0.3) is 0 Å². The first-order valence-electron chi connectivity index (χ1n) is 8.29. The summed E-state index contributed by atoms with van der Waals surface area (Å²) in [7, 11) is 0. The molecular formula is C19H23NO3. The molecule has 3 rings (SSSR count). The van der Waals surface area contributed by atoms with Gasteiger partial charge < -0.3 is 14.7 Å². The van der Waals surface area contributed by atoms with Gasteiger partial charge in [0.2, 0.25) is 0 Å². The van der Waals surface area contributed by atoms with Crippen molar-refractivity contribution in [2.24, 2.45) is 5.92 Å². The molecule has 122 valence electrons. The average Bonchev–Trinajstić information content (AvgIpc) is 2.59. The minimum Gasteiger partial charge on any atom is -0.494 e. The van der Waals surface area contributed by atoms with Crippen LogP contribution in [0.3, 0.4) is 0 Å². The third-order valence-corrected chi connectivity index (χ3v) is 4.46. The zero-order valence-corrected chi connectivity index (χ0v) is 13.3. The van der Waals surface area contributed by atoms with Gasteiger partial charge in [0.1, 0.15) is 5.75 Å². The van der Waals surface area contributed by atoms with E-state index in [2.05, 4.69) is 29.2 Å². The molecule has 0 aromatic heterocycles. The summed E-state index contributed by atoms with van der Waals surface area (Å²) in [5.41, 5.74) is 0. The number of fused-ring (bicyclic) bond motifs is 1. The number of ether oxygens (including phenoxy) is 1. The molecule has 1 N–H and O–H groups in total. The van der Waals surface area contributed by atoms with Gasteiger partial charge in [0.05, 0.1) is 12.5 Å². The van der Waals surface area contributed by atoms with Crippen molar-refractivity contribution in [3.63, 3.8) is 0 Å². The van der Waals surface area contributed by atoms with Gasteiger partial charge in [-0.2, -0.15) is 0 Å². The third kappa shape index (κ3) is 4.23. The Morgan fingerprint density at radius 1 is 1.22 bits per heavy atom.